The largest absolute Gasteiger partial charge is 0.387 e. The van der Waals surface area contributed by atoms with E-state index in [0.29, 0.717) is 12.1 Å². The third-order valence-electron chi connectivity index (χ3n) is 3.17. The lowest BCUT2D eigenvalue weighted by atomic mass is 10.1. The monoisotopic (exact) mass is 350 g/mol. The lowest BCUT2D eigenvalue weighted by Gasteiger charge is -2.15. The van der Waals surface area contributed by atoms with E-state index in [1.807, 2.05) is 25.1 Å². The van der Waals surface area contributed by atoms with Crippen LogP contribution in [-0.4, -0.2) is 16.6 Å². The van der Waals surface area contributed by atoms with Crippen LogP contribution in [0, 0.1) is 17.0 Å². The van der Waals surface area contributed by atoms with E-state index in [-0.39, 0.29) is 5.69 Å². The first-order chi connectivity index (χ1) is 9.99. The van der Waals surface area contributed by atoms with Gasteiger partial charge in [-0.25, -0.2) is 0 Å². The van der Waals surface area contributed by atoms with Gasteiger partial charge in [0, 0.05) is 28.8 Å². The van der Waals surface area contributed by atoms with Crippen LogP contribution in [0.1, 0.15) is 17.2 Å². The van der Waals surface area contributed by atoms with Gasteiger partial charge in [-0.2, -0.15) is 0 Å². The quantitative estimate of drug-likeness (QED) is 0.634. The van der Waals surface area contributed by atoms with Gasteiger partial charge in [-0.05, 0) is 52.2 Å². The molecule has 0 radical (unpaired) electrons. The summed E-state index contributed by atoms with van der Waals surface area (Å²) in [6.45, 7) is 2.31. The Morgan fingerprint density at radius 3 is 2.57 bits per heavy atom. The molecule has 110 valence electrons. The number of aliphatic hydroxyl groups is 1. The van der Waals surface area contributed by atoms with Crippen LogP contribution in [0.2, 0.25) is 0 Å². The maximum absolute atomic E-state index is 10.6. The van der Waals surface area contributed by atoms with Crippen molar-refractivity contribution in [2.75, 3.05) is 11.9 Å². The van der Waals surface area contributed by atoms with Gasteiger partial charge < -0.3 is 10.4 Å². The summed E-state index contributed by atoms with van der Waals surface area (Å²) in [5, 5.41) is 23.9. The Hall–Kier alpha value is -1.92. The number of hydrogen-bond donors (Lipinski definition) is 2. The minimum Gasteiger partial charge on any atom is -0.387 e. The van der Waals surface area contributed by atoms with Crippen molar-refractivity contribution in [3.05, 3.63) is 68.2 Å². The first-order valence-corrected chi connectivity index (χ1v) is 7.19. The second-order valence-corrected chi connectivity index (χ2v) is 5.47. The third kappa shape index (κ3) is 3.80. The number of benzene rings is 2. The van der Waals surface area contributed by atoms with Gasteiger partial charge in [-0.15, -0.1) is 0 Å². The Labute approximate surface area is 130 Å². The summed E-state index contributed by atoms with van der Waals surface area (Å²) < 4.78 is 0.959. The number of nitro groups is 1. The molecule has 2 rings (SSSR count). The van der Waals surface area contributed by atoms with E-state index < -0.39 is 11.0 Å². The number of aryl methyl sites for hydroxylation is 1. The zero-order chi connectivity index (χ0) is 15.4. The molecule has 0 bridgehead atoms. The lowest BCUT2D eigenvalue weighted by Crippen LogP contribution is -2.12. The molecule has 0 saturated carbocycles. The van der Waals surface area contributed by atoms with Gasteiger partial charge in [0.05, 0.1) is 11.0 Å². The van der Waals surface area contributed by atoms with Gasteiger partial charge in [0.25, 0.3) is 5.69 Å². The third-order valence-corrected chi connectivity index (χ3v) is 4.22. The van der Waals surface area contributed by atoms with Crippen molar-refractivity contribution in [1.82, 2.24) is 0 Å². The fourth-order valence-corrected chi connectivity index (χ4v) is 2.33. The topological polar surface area (TPSA) is 75.4 Å². The van der Waals surface area contributed by atoms with Crippen LogP contribution < -0.4 is 5.32 Å². The highest BCUT2D eigenvalue weighted by atomic mass is 79.9. The van der Waals surface area contributed by atoms with Crippen LogP contribution in [0.15, 0.2) is 46.9 Å². The predicted molar refractivity (Wildman–Crippen MR) is 85.4 cm³/mol. The minimum atomic E-state index is -0.738. The van der Waals surface area contributed by atoms with Crippen molar-refractivity contribution in [3.63, 3.8) is 0 Å². The number of nitro benzene ring substituents is 1. The summed E-state index contributed by atoms with van der Waals surface area (Å²) >= 11 is 3.49. The molecule has 0 aliphatic heterocycles. The van der Waals surface area contributed by atoms with E-state index in [0.717, 1.165) is 15.7 Å². The van der Waals surface area contributed by atoms with Gasteiger partial charge >= 0.3 is 0 Å². The average molecular weight is 351 g/mol. The highest BCUT2D eigenvalue weighted by Gasteiger charge is 2.11. The first-order valence-electron chi connectivity index (χ1n) is 6.40. The first kappa shape index (κ1) is 15.5. The fraction of sp³-hybridized carbons (Fsp3) is 0.200. The van der Waals surface area contributed by atoms with Crippen molar-refractivity contribution in [2.24, 2.45) is 0 Å². The van der Waals surface area contributed by atoms with Crippen molar-refractivity contribution >= 4 is 27.3 Å². The molecule has 0 spiro atoms. The summed E-state index contributed by atoms with van der Waals surface area (Å²) in [6, 6.07) is 11.7. The number of nitrogens with one attached hydrogen (secondary N) is 1. The molecular weight excluding hydrogens is 336 g/mol. The van der Waals surface area contributed by atoms with Gasteiger partial charge in [-0.3, -0.25) is 10.1 Å². The highest BCUT2D eigenvalue weighted by Crippen LogP contribution is 2.26. The molecule has 0 aliphatic rings. The SMILES string of the molecule is Cc1cccc(NCC(O)c2ccc([N+](=O)[O-])cc2)c1Br. The molecule has 5 nitrogen and oxygen atoms in total. The normalized spacial score (nSPS) is 12.0. The average Bonchev–Trinajstić information content (AvgIpc) is 2.48. The molecular formula is C15H15BrN2O3. The Kier molecular flexibility index (Phi) is 4.93. The molecule has 21 heavy (non-hydrogen) atoms. The smallest absolute Gasteiger partial charge is 0.269 e. The van der Waals surface area contributed by atoms with E-state index in [4.69, 9.17) is 0 Å². The number of anilines is 1. The van der Waals surface area contributed by atoms with Crippen LogP contribution in [-0.2, 0) is 0 Å². The molecule has 0 aliphatic carbocycles. The minimum absolute atomic E-state index is 0.0142. The number of hydrogen-bond acceptors (Lipinski definition) is 4. The molecule has 2 aromatic rings. The Bertz CT molecular complexity index is 644. The van der Waals surface area contributed by atoms with E-state index in [1.54, 1.807) is 12.1 Å². The second kappa shape index (κ2) is 6.69. The number of rotatable bonds is 5. The summed E-state index contributed by atoms with van der Waals surface area (Å²) in [6.07, 6.45) is -0.738. The number of non-ortho nitro benzene ring substituents is 1. The lowest BCUT2D eigenvalue weighted by molar-refractivity contribution is -0.384. The maximum Gasteiger partial charge on any atom is 0.269 e. The molecule has 0 saturated heterocycles. The molecule has 0 aromatic heterocycles. The Morgan fingerprint density at radius 1 is 1.29 bits per heavy atom. The zero-order valence-electron chi connectivity index (χ0n) is 11.4. The number of aliphatic hydroxyl groups excluding tert-OH is 1. The molecule has 0 heterocycles. The fourth-order valence-electron chi connectivity index (χ4n) is 1.93. The molecule has 1 atom stereocenters. The second-order valence-electron chi connectivity index (χ2n) is 4.68. The molecule has 6 heteroatoms. The van der Waals surface area contributed by atoms with Crippen molar-refractivity contribution in [3.8, 4) is 0 Å². The van der Waals surface area contributed by atoms with Gasteiger partial charge in [0.15, 0.2) is 0 Å². The summed E-state index contributed by atoms with van der Waals surface area (Å²) in [5.41, 5.74) is 2.65. The molecule has 2 N–H and O–H groups in total. The van der Waals surface area contributed by atoms with Crippen LogP contribution in [0.3, 0.4) is 0 Å². The summed E-state index contributed by atoms with van der Waals surface area (Å²) in [5.74, 6) is 0. The predicted octanol–water partition coefficient (Wildman–Crippen LogP) is 3.81. The van der Waals surface area contributed by atoms with Crippen molar-refractivity contribution < 1.29 is 10.0 Å². The van der Waals surface area contributed by atoms with Gasteiger partial charge in [0.2, 0.25) is 0 Å². The molecule has 2 aromatic carbocycles. The highest BCUT2D eigenvalue weighted by molar-refractivity contribution is 9.10. The van der Waals surface area contributed by atoms with Crippen molar-refractivity contribution in [1.29, 1.82) is 0 Å². The number of nitrogens with zero attached hydrogens (tertiary/aromatic N) is 1. The van der Waals surface area contributed by atoms with Gasteiger partial charge in [-0.1, -0.05) is 12.1 Å². The summed E-state index contributed by atoms with van der Waals surface area (Å²) in [7, 11) is 0. The number of halogens is 1. The van der Waals surface area contributed by atoms with E-state index >= 15 is 0 Å². The van der Waals surface area contributed by atoms with Crippen LogP contribution >= 0.6 is 15.9 Å². The zero-order valence-corrected chi connectivity index (χ0v) is 13.0. The maximum atomic E-state index is 10.6. The molecule has 0 amide bonds. The summed E-state index contributed by atoms with van der Waals surface area (Å²) in [4.78, 5) is 10.1. The van der Waals surface area contributed by atoms with Gasteiger partial charge in [0.1, 0.15) is 0 Å². The molecule has 0 fully saturated rings. The van der Waals surface area contributed by atoms with E-state index in [9.17, 15) is 15.2 Å². The molecule has 1 unspecified atom stereocenters. The van der Waals surface area contributed by atoms with Crippen molar-refractivity contribution in [2.45, 2.75) is 13.0 Å². The van der Waals surface area contributed by atoms with E-state index in [1.165, 1.54) is 12.1 Å². The standard InChI is InChI=1S/C15H15BrN2O3/c1-10-3-2-4-13(15(10)16)17-9-14(19)11-5-7-12(8-6-11)18(20)21/h2-8,14,17,19H,9H2,1H3. The Balaban J connectivity index is 2.03. The van der Waals surface area contributed by atoms with E-state index in [2.05, 4.69) is 21.2 Å². The van der Waals surface area contributed by atoms with Crippen LogP contribution in [0.4, 0.5) is 11.4 Å². The van der Waals surface area contributed by atoms with Crippen LogP contribution in [0.5, 0.6) is 0 Å². The van der Waals surface area contributed by atoms with Crippen LogP contribution in [0.25, 0.3) is 0 Å². The Morgan fingerprint density at radius 2 is 1.95 bits per heavy atom.